The molecule has 4 atom stereocenters. The summed E-state index contributed by atoms with van der Waals surface area (Å²) in [5.41, 5.74) is 5.87. The van der Waals surface area contributed by atoms with Crippen molar-refractivity contribution in [2.45, 2.75) is 64.2 Å². The fraction of sp³-hybridized carbons (Fsp3) is 0.789. The summed E-state index contributed by atoms with van der Waals surface area (Å²) in [6.07, 6.45) is 4.96. The van der Waals surface area contributed by atoms with E-state index >= 15 is 0 Å². The molecule has 3 amide bonds. The molecule has 4 unspecified atom stereocenters. The van der Waals surface area contributed by atoms with Gasteiger partial charge in [0, 0.05) is 0 Å². The lowest BCUT2D eigenvalue weighted by Crippen LogP contribution is -2.56. The number of aliphatic carboxylic acids is 1. The summed E-state index contributed by atoms with van der Waals surface area (Å²) in [5, 5.41) is 16.9. The van der Waals surface area contributed by atoms with Crippen LogP contribution in [0.15, 0.2) is 0 Å². The van der Waals surface area contributed by atoms with E-state index < -0.39 is 47.9 Å². The molecule has 30 heavy (non-hydrogen) atoms. The van der Waals surface area contributed by atoms with E-state index in [0.717, 1.165) is 5.75 Å². The Morgan fingerprint density at radius 3 is 1.87 bits per heavy atom. The first-order chi connectivity index (χ1) is 14.0. The Morgan fingerprint density at radius 2 is 1.37 bits per heavy atom. The van der Waals surface area contributed by atoms with Crippen molar-refractivity contribution >= 4 is 47.2 Å². The van der Waals surface area contributed by atoms with Gasteiger partial charge >= 0.3 is 5.97 Å². The van der Waals surface area contributed by atoms with E-state index in [9.17, 15) is 24.3 Å². The first kappa shape index (κ1) is 28.5. The summed E-state index contributed by atoms with van der Waals surface area (Å²) >= 11 is 3.11. The highest BCUT2D eigenvalue weighted by atomic mass is 32.2. The molecular formula is C19H36N4O5S2. The Labute approximate surface area is 187 Å². The van der Waals surface area contributed by atoms with E-state index in [2.05, 4.69) is 16.0 Å². The maximum atomic E-state index is 12.7. The molecule has 6 N–H and O–H groups in total. The Hall–Kier alpha value is -1.46. The lowest BCUT2D eigenvalue weighted by molar-refractivity contribution is -0.142. The van der Waals surface area contributed by atoms with E-state index in [1.165, 1.54) is 18.7 Å². The van der Waals surface area contributed by atoms with E-state index in [1.807, 2.05) is 26.4 Å². The highest BCUT2D eigenvalue weighted by Gasteiger charge is 2.28. The zero-order valence-electron chi connectivity index (χ0n) is 18.4. The largest absolute Gasteiger partial charge is 0.480 e. The Bertz CT molecular complexity index is 577. The molecule has 9 nitrogen and oxygen atoms in total. The average molecular weight is 465 g/mol. The molecule has 0 aromatic carbocycles. The van der Waals surface area contributed by atoms with Gasteiger partial charge in [-0.1, -0.05) is 13.8 Å². The molecule has 0 fully saturated rings. The third-order valence-electron chi connectivity index (χ3n) is 4.29. The highest BCUT2D eigenvalue weighted by molar-refractivity contribution is 7.98. The van der Waals surface area contributed by atoms with Gasteiger partial charge in [0.15, 0.2) is 0 Å². The van der Waals surface area contributed by atoms with Crippen molar-refractivity contribution in [3.63, 3.8) is 0 Å². The number of hydrogen-bond acceptors (Lipinski definition) is 7. The third-order valence-corrected chi connectivity index (χ3v) is 5.58. The molecule has 0 aliphatic heterocycles. The fourth-order valence-electron chi connectivity index (χ4n) is 2.53. The van der Waals surface area contributed by atoms with Crippen LogP contribution in [0.25, 0.3) is 0 Å². The number of rotatable bonds is 15. The number of thioether (sulfide) groups is 2. The highest BCUT2D eigenvalue weighted by Crippen LogP contribution is 2.06. The predicted molar refractivity (Wildman–Crippen MR) is 123 cm³/mol. The molecular weight excluding hydrogens is 428 g/mol. The van der Waals surface area contributed by atoms with Gasteiger partial charge in [0.25, 0.3) is 0 Å². The zero-order chi connectivity index (χ0) is 23.3. The lowest BCUT2D eigenvalue weighted by atomic mass is 10.0. The lowest BCUT2D eigenvalue weighted by Gasteiger charge is -2.23. The van der Waals surface area contributed by atoms with Gasteiger partial charge in [-0.3, -0.25) is 14.4 Å². The fourth-order valence-corrected chi connectivity index (χ4v) is 3.49. The number of hydrogen-bond donors (Lipinski definition) is 5. The molecule has 0 aliphatic carbocycles. The Morgan fingerprint density at radius 1 is 0.833 bits per heavy atom. The molecule has 0 saturated carbocycles. The van der Waals surface area contributed by atoms with Gasteiger partial charge in [0.2, 0.25) is 17.7 Å². The quantitative estimate of drug-likeness (QED) is 0.234. The Kier molecular flexibility index (Phi) is 14.6. The summed E-state index contributed by atoms with van der Waals surface area (Å²) in [6.45, 7) is 5.19. The zero-order valence-corrected chi connectivity index (χ0v) is 20.0. The van der Waals surface area contributed by atoms with Gasteiger partial charge in [-0.25, -0.2) is 4.79 Å². The first-order valence-electron chi connectivity index (χ1n) is 9.90. The second-order valence-corrected chi connectivity index (χ2v) is 9.46. The number of nitrogens with one attached hydrogen (secondary N) is 3. The first-order valence-corrected chi connectivity index (χ1v) is 12.7. The van der Waals surface area contributed by atoms with Crippen LogP contribution < -0.4 is 21.7 Å². The van der Waals surface area contributed by atoms with Gasteiger partial charge < -0.3 is 26.8 Å². The van der Waals surface area contributed by atoms with Crippen LogP contribution in [-0.4, -0.2) is 77.0 Å². The van der Waals surface area contributed by atoms with Crippen molar-refractivity contribution < 1.29 is 24.3 Å². The number of carbonyl (C=O) groups is 4. The molecule has 0 spiro atoms. The summed E-state index contributed by atoms with van der Waals surface area (Å²) in [6, 6.07) is -3.52. The van der Waals surface area contributed by atoms with E-state index in [0.29, 0.717) is 18.6 Å². The summed E-state index contributed by atoms with van der Waals surface area (Å²) in [5.74, 6) is -1.19. The van der Waals surface area contributed by atoms with Crippen LogP contribution in [0.5, 0.6) is 0 Å². The number of amides is 3. The third kappa shape index (κ3) is 11.7. The van der Waals surface area contributed by atoms with E-state index in [1.54, 1.807) is 11.8 Å². The van der Waals surface area contributed by atoms with Gasteiger partial charge in [-0.05, 0) is 56.1 Å². The second kappa shape index (κ2) is 15.4. The molecule has 0 saturated heterocycles. The van der Waals surface area contributed by atoms with Crippen LogP contribution in [0.3, 0.4) is 0 Å². The van der Waals surface area contributed by atoms with E-state index in [4.69, 9.17) is 5.73 Å². The molecule has 0 aliphatic rings. The predicted octanol–water partition coefficient (Wildman–Crippen LogP) is 0.425. The molecule has 0 rings (SSSR count). The topological polar surface area (TPSA) is 151 Å². The number of carboxylic acid groups (broad SMARTS) is 1. The summed E-state index contributed by atoms with van der Waals surface area (Å²) < 4.78 is 0. The van der Waals surface area contributed by atoms with Gasteiger partial charge in [-0.2, -0.15) is 23.5 Å². The normalized spacial score (nSPS) is 15.0. The minimum Gasteiger partial charge on any atom is -0.480 e. The molecule has 0 heterocycles. The van der Waals surface area contributed by atoms with Crippen LogP contribution >= 0.6 is 23.5 Å². The second-order valence-electron chi connectivity index (χ2n) is 7.49. The van der Waals surface area contributed by atoms with Crippen molar-refractivity contribution in [1.82, 2.24) is 16.0 Å². The molecule has 0 aromatic heterocycles. The SMILES string of the molecule is CSCCC(N)C(=O)NC(CCSC)C(=O)NC(C)C(=O)NC(CC(C)C)C(=O)O. The number of carboxylic acids is 1. The molecule has 0 aromatic rings. The maximum absolute atomic E-state index is 12.7. The molecule has 0 bridgehead atoms. The number of carbonyl (C=O) groups excluding carboxylic acids is 3. The van der Waals surface area contributed by atoms with Crippen LogP contribution in [0.4, 0.5) is 0 Å². The average Bonchev–Trinajstić information content (AvgIpc) is 2.67. The standard InChI is InChI=1S/C19H36N4O5S2/c1-11(2)10-15(19(27)28)23-16(24)12(3)21-18(26)14(7-9-30-5)22-17(25)13(20)6-8-29-4/h11-15H,6-10,20H2,1-5H3,(H,21,26)(H,22,25)(H,23,24)(H,27,28). The van der Waals surface area contributed by atoms with Gasteiger partial charge in [0.1, 0.15) is 18.1 Å². The molecule has 174 valence electrons. The molecule has 0 radical (unpaired) electrons. The van der Waals surface area contributed by atoms with Crippen LogP contribution in [-0.2, 0) is 19.2 Å². The summed E-state index contributed by atoms with van der Waals surface area (Å²) in [7, 11) is 0. The molecule has 11 heteroatoms. The van der Waals surface area contributed by atoms with Crippen LogP contribution in [0.1, 0.15) is 40.0 Å². The minimum absolute atomic E-state index is 0.0813. The number of nitrogens with two attached hydrogens (primary N) is 1. The van der Waals surface area contributed by atoms with Gasteiger partial charge in [0.05, 0.1) is 6.04 Å². The smallest absolute Gasteiger partial charge is 0.326 e. The summed E-state index contributed by atoms with van der Waals surface area (Å²) in [4.78, 5) is 48.6. The van der Waals surface area contributed by atoms with Crippen molar-refractivity contribution in [3.8, 4) is 0 Å². The monoisotopic (exact) mass is 464 g/mol. The van der Waals surface area contributed by atoms with Crippen LogP contribution in [0.2, 0.25) is 0 Å². The van der Waals surface area contributed by atoms with E-state index in [-0.39, 0.29) is 12.3 Å². The maximum Gasteiger partial charge on any atom is 0.326 e. The van der Waals surface area contributed by atoms with Crippen molar-refractivity contribution in [3.05, 3.63) is 0 Å². The van der Waals surface area contributed by atoms with Crippen molar-refractivity contribution in [1.29, 1.82) is 0 Å². The Balaban J connectivity index is 4.96. The minimum atomic E-state index is -1.13. The van der Waals surface area contributed by atoms with Crippen molar-refractivity contribution in [2.24, 2.45) is 11.7 Å². The van der Waals surface area contributed by atoms with Crippen LogP contribution in [0, 0.1) is 5.92 Å². The van der Waals surface area contributed by atoms with Crippen molar-refractivity contribution in [2.75, 3.05) is 24.0 Å². The van der Waals surface area contributed by atoms with Gasteiger partial charge in [-0.15, -0.1) is 0 Å².